The van der Waals surface area contributed by atoms with Gasteiger partial charge in [0, 0.05) is 38.3 Å². The molecule has 0 bridgehead atoms. The zero-order valence-corrected chi connectivity index (χ0v) is 11.4. The summed E-state index contributed by atoms with van der Waals surface area (Å²) in [6.45, 7) is 5.42. The van der Waals surface area contributed by atoms with Gasteiger partial charge in [0.05, 0.1) is 26.4 Å². The highest BCUT2D eigenvalue weighted by atomic mass is 16.5. The first-order chi connectivity index (χ1) is 9.24. The third-order valence-corrected chi connectivity index (χ3v) is 4.02. The zero-order chi connectivity index (χ0) is 13.6. The van der Waals surface area contributed by atoms with Crippen LogP contribution >= 0.6 is 0 Å². The second-order valence-corrected chi connectivity index (χ2v) is 5.44. The average molecular weight is 272 g/mol. The van der Waals surface area contributed by atoms with Crippen molar-refractivity contribution in [2.24, 2.45) is 5.41 Å². The third-order valence-electron chi connectivity index (χ3n) is 4.02. The molecule has 0 aliphatic carbocycles. The topological polar surface area (TPSA) is 71.0 Å². The number of aliphatic hydroxyl groups excluding tert-OH is 1. The molecular weight excluding hydrogens is 248 g/mol. The molecule has 0 aromatic rings. The fourth-order valence-electron chi connectivity index (χ4n) is 2.50. The molecule has 0 aromatic carbocycles. The van der Waals surface area contributed by atoms with E-state index in [0.717, 1.165) is 25.9 Å². The monoisotopic (exact) mass is 272 g/mol. The van der Waals surface area contributed by atoms with Crippen molar-refractivity contribution in [3.8, 4) is 0 Å². The summed E-state index contributed by atoms with van der Waals surface area (Å²) in [4.78, 5) is 14.0. The number of carbonyl (C=O) groups is 1. The molecular formula is C13H24N2O4. The molecule has 19 heavy (non-hydrogen) atoms. The number of rotatable bonds is 5. The molecule has 0 atom stereocenters. The first kappa shape index (κ1) is 14.7. The Balaban J connectivity index is 1.72. The van der Waals surface area contributed by atoms with Crippen LogP contribution in [-0.2, 0) is 14.3 Å². The van der Waals surface area contributed by atoms with Crippen molar-refractivity contribution in [1.29, 1.82) is 0 Å². The van der Waals surface area contributed by atoms with Gasteiger partial charge in [0.25, 0.3) is 0 Å². The molecule has 0 spiro atoms. The van der Waals surface area contributed by atoms with E-state index in [0.29, 0.717) is 39.5 Å². The normalized spacial score (nSPS) is 24.1. The predicted molar refractivity (Wildman–Crippen MR) is 69.8 cm³/mol. The first-order valence-electron chi connectivity index (χ1n) is 7.00. The minimum absolute atomic E-state index is 0.0289. The molecule has 6 heteroatoms. The second-order valence-electron chi connectivity index (χ2n) is 5.44. The second kappa shape index (κ2) is 7.19. The number of nitrogens with zero attached hydrogens (tertiary/aromatic N) is 1. The van der Waals surface area contributed by atoms with Gasteiger partial charge in [0.2, 0.25) is 5.91 Å². The number of carbonyl (C=O) groups excluding carboxylic acids is 1. The molecule has 0 saturated carbocycles. The minimum atomic E-state index is -0.196. The number of amides is 1. The first-order valence-corrected chi connectivity index (χ1v) is 7.00. The predicted octanol–water partition coefficient (Wildman–Crippen LogP) is -0.776. The van der Waals surface area contributed by atoms with Gasteiger partial charge in [-0.2, -0.15) is 0 Å². The van der Waals surface area contributed by atoms with Crippen LogP contribution in [0, 0.1) is 5.41 Å². The fourth-order valence-corrected chi connectivity index (χ4v) is 2.50. The van der Waals surface area contributed by atoms with Gasteiger partial charge in [-0.15, -0.1) is 0 Å². The van der Waals surface area contributed by atoms with Crippen molar-refractivity contribution in [1.82, 2.24) is 10.2 Å². The number of morpholine rings is 1. The Morgan fingerprint density at radius 3 is 2.42 bits per heavy atom. The lowest BCUT2D eigenvalue weighted by molar-refractivity contribution is -0.124. The van der Waals surface area contributed by atoms with Crippen LogP contribution in [0.4, 0.5) is 0 Å². The summed E-state index contributed by atoms with van der Waals surface area (Å²) in [6.07, 6.45) is 1.61. The van der Waals surface area contributed by atoms with E-state index in [1.165, 1.54) is 0 Å². The standard InChI is InChI=1S/C13H24N2O4/c16-11-13(1-5-18-6-2-13)10-14-12(17)9-15-3-7-19-8-4-15/h16H,1-11H2,(H,14,17). The van der Waals surface area contributed by atoms with Crippen LogP contribution in [-0.4, -0.2) is 75.1 Å². The quantitative estimate of drug-likeness (QED) is 0.687. The van der Waals surface area contributed by atoms with Gasteiger partial charge in [-0.25, -0.2) is 0 Å². The lowest BCUT2D eigenvalue weighted by atomic mass is 9.81. The molecule has 2 heterocycles. The molecule has 0 radical (unpaired) electrons. The molecule has 2 aliphatic rings. The van der Waals surface area contributed by atoms with Crippen LogP contribution in [0.3, 0.4) is 0 Å². The maximum absolute atomic E-state index is 11.9. The largest absolute Gasteiger partial charge is 0.396 e. The Bertz CT molecular complexity index is 286. The smallest absolute Gasteiger partial charge is 0.234 e. The van der Waals surface area contributed by atoms with Gasteiger partial charge in [0.1, 0.15) is 0 Å². The van der Waals surface area contributed by atoms with E-state index in [4.69, 9.17) is 9.47 Å². The van der Waals surface area contributed by atoms with Gasteiger partial charge in [0.15, 0.2) is 0 Å². The Hall–Kier alpha value is -0.690. The van der Waals surface area contributed by atoms with E-state index >= 15 is 0 Å². The van der Waals surface area contributed by atoms with Gasteiger partial charge in [-0.3, -0.25) is 9.69 Å². The zero-order valence-electron chi connectivity index (χ0n) is 11.4. The van der Waals surface area contributed by atoms with Gasteiger partial charge >= 0.3 is 0 Å². The van der Waals surface area contributed by atoms with Crippen LogP contribution in [0.1, 0.15) is 12.8 Å². The highest BCUT2D eigenvalue weighted by Gasteiger charge is 2.32. The number of ether oxygens (including phenoxy) is 2. The minimum Gasteiger partial charge on any atom is -0.396 e. The molecule has 2 aliphatic heterocycles. The van der Waals surface area contributed by atoms with E-state index < -0.39 is 0 Å². The van der Waals surface area contributed by atoms with E-state index in [1.807, 2.05) is 0 Å². The summed E-state index contributed by atoms with van der Waals surface area (Å²) in [5.41, 5.74) is -0.196. The Morgan fingerprint density at radius 2 is 1.79 bits per heavy atom. The van der Waals surface area contributed by atoms with E-state index in [2.05, 4.69) is 10.2 Å². The molecule has 2 saturated heterocycles. The maximum atomic E-state index is 11.9. The van der Waals surface area contributed by atoms with Crippen molar-refractivity contribution in [2.45, 2.75) is 12.8 Å². The van der Waals surface area contributed by atoms with Crippen LogP contribution in [0.25, 0.3) is 0 Å². The molecule has 2 N–H and O–H groups in total. The van der Waals surface area contributed by atoms with Crippen LogP contribution in [0.5, 0.6) is 0 Å². The molecule has 0 aromatic heterocycles. The summed E-state index contributed by atoms with van der Waals surface area (Å²) in [5.74, 6) is 0.0289. The highest BCUT2D eigenvalue weighted by molar-refractivity contribution is 5.78. The van der Waals surface area contributed by atoms with Crippen molar-refractivity contribution >= 4 is 5.91 Å². The average Bonchev–Trinajstić information content (AvgIpc) is 2.47. The molecule has 2 rings (SSSR count). The van der Waals surface area contributed by atoms with Gasteiger partial charge in [-0.05, 0) is 12.8 Å². The van der Waals surface area contributed by atoms with E-state index in [1.54, 1.807) is 0 Å². The summed E-state index contributed by atoms with van der Waals surface area (Å²) >= 11 is 0. The van der Waals surface area contributed by atoms with Crippen LogP contribution in [0.2, 0.25) is 0 Å². The van der Waals surface area contributed by atoms with E-state index in [-0.39, 0.29) is 17.9 Å². The summed E-state index contributed by atoms with van der Waals surface area (Å²) in [5, 5.41) is 12.5. The van der Waals surface area contributed by atoms with Crippen LogP contribution in [0.15, 0.2) is 0 Å². The van der Waals surface area contributed by atoms with Crippen molar-refractivity contribution in [2.75, 3.05) is 59.2 Å². The number of hydrogen-bond acceptors (Lipinski definition) is 5. The van der Waals surface area contributed by atoms with Crippen molar-refractivity contribution in [3.63, 3.8) is 0 Å². The molecule has 0 unspecified atom stereocenters. The lowest BCUT2D eigenvalue weighted by Crippen LogP contribution is -2.48. The Morgan fingerprint density at radius 1 is 1.16 bits per heavy atom. The summed E-state index contributed by atoms with van der Waals surface area (Å²) in [7, 11) is 0. The highest BCUT2D eigenvalue weighted by Crippen LogP contribution is 2.28. The van der Waals surface area contributed by atoms with Crippen molar-refractivity contribution < 1.29 is 19.4 Å². The number of nitrogens with one attached hydrogen (secondary N) is 1. The molecule has 1 amide bonds. The third kappa shape index (κ3) is 4.42. The van der Waals surface area contributed by atoms with Crippen molar-refractivity contribution in [3.05, 3.63) is 0 Å². The fraction of sp³-hybridized carbons (Fsp3) is 0.923. The molecule has 6 nitrogen and oxygen atoms in total. The Kier molecular flexibility index (Phi) is 5.57. The van der Waals surface area contributed by atoms with Crippen LogP contribution < -0.4 is 5.32 Å². The van der Waals surface area contributed by atoms with Gasteiger partial charge in [-0.1, -0.05) is 0 Å². The SMILES string of the molecule is O=C(CN1CCOCC1)NCC1(CO)CCOCC1. The summed E-state index contributed by atoms with van der Waals surface area (Å²) < 4.78 is 10.6. The Labute approximate surface area is 114 Å². The number of hydrogen-bond donors (Lipinski definition) is 2. The number of aliphatic hydroxyl groups is 1. The molecule has 2 fully saturated rings. The lowest BCUT2D eigenvalue weighted by Gasteiger charge is -2.35. The molecule has 110 valence electrons. The maximum Gasteiger partial charge on any atom is 0.234 e. The summed E-state index contributed by atoms with van der Waals surface area (Å²) in [6, 6.07) is 0. The van der Waals surface area contributed by atoms with E-state index in [9.17, 15) is 9.90 Å². The van der Waals surface area contributed by atoms with Gasteiger partial charge < -0.3 is 19.9 Å².